The molecule has 0 radical (unpaired) electrons. The topological polar surface area (TPSA) is 37.3 Å². The Hall–Kier alpha value is -4.69. The molecule has 2 nitrogen and oxygen atoms in total. The zero-order chi connectivity index (χ0) is 27.4. The largest absolute Gasteiger partial charge is 0.481 e. The van der Waals surface area contributed by atoms with Crippen LogP contribution in [0.1, 0.15) is 37.0 Å². The van der Waals surface area contributed by atoms with Gasteiger partial charge in [-0.25, -0.2) is 0 Å². The summed E-state index contributed by atoms with van der Waals surface area (Å²) in [4.78, 5) is 11.2. The van der Waals surface area contributed by atoms with Gasteiger partial charge in [0.25, 0.3) is 0 Å². The molecule has 6 aromatic carbocycles. The molecule has 0 amide bonds. The van der Waals surface area contributed by atoms with Gasteiger partial charge in [0.1, 0.15) is 0 Å². The standard InChI is InChI=1S/C38H30O2/c1-38(2)33-21-24(18-20-35(39)40)17-19-27(33)30-22-31-32(23-34(30)38)37(26-13-7-4-8-14-26)29-16-10-9-15-28(29)36(31)25-11-5-3-6-12-25/h3-17,19,21-23H,18,20H2,1-2H3,(H,39,40). The van der Waals surface area contributed by atoms with E-state index in [9.17, 15) is 9.90 Å². The zero-order valence-corrected chi connectivity index (χ0v) is 22.7. The van der Waals surface area contributed by atoms with E-state index < -0.39 is 5.97 Å². The van der Waals surface area contributed by atoms with E-state index in [0.717, 1.165) is 5.56 Å². The van der Waals surface area contributed by atoms with Gasteiger partial charge >= 0.3 is 5.97 Å². The Balaban J connectivity index is 1.59. The summed E-state index contributed by atoms with van der Waals surface area (Å²) in [6, 6.07) is 41.6. The lowest BCUT2D eigenvalue weighted by Crippen LogP contribution is -2.15. The Morgan fingerprint density at radius 2 is 1.12 bits per heavy atom. The van der Waals surface area contributed by atoms with Gasteiger partial charge in [0.15, 0.2) is 0 Å². The molecule has 0 bridgehead atoms. The number of carbonyl (C=O) groups is 1. The summed E-state index contributed by atoms with van der Waals surface area (Å²) >= 11 is 0. The predicted molar refractivity (Wildman–Crippen MR) is 166 cm³/mol. The van der Waals surface area contributed by atoms with Crippen molar-refractivity contribution in [3.63, 3.8) is 0 Å². The van der Waals surface area contributed by atoms with E-state index in [4.69, 9.17) is 0 Å². The maximum absolute atomic E-state index is 11.2. The summed E-state index contributed by atoms with van der Waals surface area (Å²) in [5.74, 6) is -0.761. The van der Waals surface area contributed by atoms with E-state index >= 15 is 0 Å². The Labute approximate surface area is 234 Å². The van der Waals surface area contributed by atoms with Crippen molar-refractivity contribution < 1.29 is 9.90 Å². The molecule has 1 aliphatic rings. The first kappa shape index (κ1) is 24.4. The first-order valence-electron chi connectivity index (χ1n) is 13.9. The number of hydrogen-bond donors (Lipinski definition) is 1. The first-order chi connectivity index (χ1) is 19.4. The lowest BCUT2D eigenvalue weighted by Gasteiger charge is -2.24. The molecule has 40 heavy (non-hydrogen) atoms. The van der Waals surface area contributed by atoms with Crippen molar-refractivity contribution in [2.45, 2.75) is 32.1 Å². The average molecular weight is 519 g/mol. The number of rotatable bonds is 5. The maximum atomic E-state index is 11.2. The van der Waals surface area contributed by atoms with Crippen LogP contribution in [0.4, 0.5) is 0 Å². The zero-order valence-electron chi connectivity index (χ0n) is 22.7. The minimum atomic E-state index is -0.761. The summed E-state index contributed by atoms with van der Waals surface area (Å²) in [7, 11) is 0. The summed E-state index contributed by atoms with van der Waals surface area (Å²) in [6.45, 7) is 4.59. The highest BCUT2D eigenvalue weighted by molar-refractivity contribution is 6.22. The van der Waals surface area contributed by atoms with E-state index in [1.165, 1.54) is 66.1 Å². The lowest BCUT2D eigenvalue weighted by atomic mass is 9.79. The Bertz CT molecular complexity index is 1930. The van der Waals surface area contributed by atoms with Crippen molar-refractivity contribution in [1.29, 1.82) is 0 Å². The summed E-state index contributed by atoms with van der Waals surface area (Å²) in [6.07, 6.45) is 0.683. The van der Waals surface area contributed by atoms with E-state index in [2.05, 4.69) is 129 Å². The number of aryl methyl sites for hydroxylation is 1. The van der Waals surface area contributed by atoms with Gasteiger partial charge in [0.2, 0.25) is 0 Å². The SMILES string of the molecule is CC1(C)c2cc(CCC(=O)O)ccc2-c2cc3c(-c4ccccc4)c4ccccc4c(-c4ccccc4)c3cc21. The van der Waals surface area contributed by atoms with Crippen molar-refractivity contribution in [3.05, 3.63) is 132 Å². The number of fused-ring (bicyclic) bond motifs is 5. The molecule has 1 aliphatic carbocycles. The van der Waals surface area contributed by atoms with E-state index in [1.807, 2.05) is 0 Å². The highest BCUT2D eigenvalue weighted by Crippen LogP contribution is 2.53. The highest BCUT2D eigenvalue weighted by atomic mass is 16.4. The minimum absolute atomic E-state index is 0.142. The number of benzene rings is 6. The third kappa shape index (κ3) is 3.75. The van der Waals surface area contributed by atoms with Crippen LogP contribution in [0.15, 0.2) is 115 Å². The number of carboxylic acid groups (broad SMARTS) is 1. The fourth-order valence-corrected chi connectivity index (χ4v) is 6.69. The van der Waals surface area contributed by atoms with Gasteiger partial charge in [0, 0.05) is 11.8 Å². The molecule has 0 aromatic heterocycles. The Morgan fingerprint density at radius 3 is 1.70 bits per heavy atom. The van der Waals surface area contributed by atoms with Crippen LogP contribution in [0.25, 0.3) is 54.9 Å². The van der Waals surface area contributed by atoms with Gasteiger partial charge < -0.3 is 5.11 Å². The average Bonchev–Trinajstić information content (AvgIpc) is 3.19. The number of carboxylic acids is 1. The summed E-state index contributed by atoms with van der Waals surface area (Å²) in [5.41, 5.74) is 10.9. The van der Waals surface area contributed by atoms with E-state index in [1.54, 1.807) is 0 Å². The van der Waals surface area contributed by atoms with Crippen molar-refractivity contribution in [2.75, 3.05) is 0 Å². The molecule has 6 aromatic rings. The van der Waals surface area contributed by atoms with Crippen molar-refractivity contribution >= 4 is 27.5 Å². The second-order valence-electron chi connectivity index (χ2n) is 11.4. The monoisotopic (exact) mass is 518 g/mol. The third-order valence-electron chi connectivity index (χ3n) is 8.64. The molecule has 0 heterocycles. The van der Waals surface area contributed by atoms with Gasteiger partial charge in [-0.05, 0) is 90.2 Å². The highest BCUT2D eigenvalue weighted by Gasteiger charge is 2.36. The van der Waals surface area contributed by atoms with Crippen molar-refractivity contribution in [3.8, 4) is 33.4 Å². The van der Waals surface area contributed by atoms with Gasteiger partial charge in [0.05, 0.1) is 0 Å². The van der Waals surface area contributed by atoms with Gasteiger partial charge in [-0.1, -0.05) is 117 Å². The fourth-order valence-electron chi connectivity index (χ4n) is 6.69. The Kier molecular flexibility index (Phi) is 5.61. The van der Waals surface area contributed by atoms with Gasteiger partial charge in [-0.3, -0.25) is 4.79 Å². The van der Waals surface area contributed by atoms with E-state index in [-0.39, 0.29) is 11.8 Å². The van der Waals surface area contributed by atoms with Crippen LogP contribution >= 0.6 is 0 Å². The van der Waals surface area contributed by atoms with Crippen LogP contribution < -0.4 is 0 Å². The molecule has 0 fully saturated rings. The second-order valence-corrected chi connectivity index (χ2v) is 11.4. The van der Waals surface area contributed by atoms with Crippen LogP contribution in [-0.2, 0) is 16.6 Å². The lowest BCUT2D eigenvalue weighted by molar-refractivity contribution is -0.136. The summed E-state index contributed by atoms with van der Waals surface area (Å²) < 4.78 is 0. The molecule has 1 N–H and O–H groups in total. The maximum Gasteiger partial charge on any atom is 0.303 e. The van der Waals surface area contributed by atoms with Crippen LogP contribution in [0.3, 0.4) is 0 Å². The molecule has 0 unspecified atom stereocenters. The molecule has 2 heteroatoms. The molecule has 0 saturated carbocycles. The molecule has 0 atom stereocenters. The van der Waals surface area contributed by atoms with Crippen LogP contribution in [-0.4, -0.2) is 11.1 Å². The molecule has 0 spiro atoms. The number of hydrogen-bond acceptors (Lipinski definition) is 1. The quantitative estimate of drug-likeness (QED) is 0.231. The predicted octanol–water partition coefficient (Wildman–Crippen LogP) is 9.65. The smallest absolute Gasteiger partial charge is 0.303 e. The van der Waals surface area contributed by atoms with Gasteiger partial charge in [-0.15, -0.1) is 0 Å². The van der Waals surface area contributed by atoms with Crippen molar-refractivity contribution in [2.24, 2.45) is 0 Å². The Morgan fingerprint density at radius 1 is 0.600 bits per heavy atom. The number of aliphatic carboxylic acids is 1. The van der Waals surface area contributed by atoms with Crippen LogP contribution in [0.5, 0.6) is 0 Å². The molecule has 194 valence electrons. The normalized spacial score (nSPS) is 13.3. The fraction of sp³-hybridized carbons (Fsp3) is 0.132. The molecular weight excluding hydrogens is 488 g/mol. The van der Waals surface area contributed by atoms with Crippen LogP contribution in [0.2, 0.25) is 0 Å². The van der Waals surface area contributed by atoms with E-state index in [0.29, 0.717) is 6.42 Å². The molecule has 0 aliphatic heterocycles. The van der Waals surface area contributed by atoms with Gasteiger partial charge in [-0.2, -0.15) is 0 Å². The molecule has 7 rings (SSSR count). The first-order valence-corrected chi connectivity index (χ1v) is 13.9. The summed E-state index contributed by atoms with van der Waals surface area (Å²) in [5, 5.41) is 14.3. The van der Waals surface area contributed by atoms with Crippen LogP contribution in [0, 0.1) is 0 Å². The second kappa shape index (κ2) is 9.20. The molecule has 0 saturated heterocycles. The molecular formula is C38H30O2. The van der Waals surface area contributed by atoms with Crippen molar-refractivity contribution in [1.82, 2.24) is 0 Å². The minimum Gasteiger partial charge on any atom is -0.481 e. The third-order valence-corrected chi connectivity index (χ3v) is 8.64.